The number of thiocarbonyl (C=S) groups is 1. The van der Waals surface area contributed by atoms with Gasteiger partial charge in [0, 0.05) is 17.3 Å². The van der Waals surface area contributed by atoms with Crippen molar-refractivity contribution in [2.24, 2.45) is 0 Å². The van der Waals surface area contributed by atoms with Gasteiger partial charge in [-0.3, -0.25) is 25.8 Å². The van der Waals surface area contributed by atoms with Crippen LogP contribution in [0.2, 0.25) is 0 Å². The summed E-state index contributed by atoms with van der Waals surface area (Å²) >= 11 is 5.03. The molecule has 132 valence electrons. The van der Waals surface area contributed by atoms with Crippen molar-refractivity contribution in [1.29, 1.82) is 0 Å². The molecular formula is C19H18N4O2S. The van der Waals surface area contributed by atoms with Gasteiger partial charge in [0.2, 0.25) is 0 Å². The van der Waals surface area contributed by atoms with Crippen LogP contribution in [-0.2, 0) is 11.3 Å². The van der Waals surface area contributed by atoms with E-state index in [0.29, 0.717) is 5.56 Å². The van der Waals surface area contributed by atoms with Crippen LogP contribution in [-0.4, -0.2) is 21.5 Å². The van der Waals surface area contributed by atoms with Crippen LogP contribution in [0.15, 0.2) is 60.8 Å². The zero-order chi connectivity index (χ0) is 18.5. The van der Waals surface area contributed by atoms with Gasteiger partial charge < -0.3 is 4.57 Å². The Morgan fingerprint density at radius 3 is 2.50 bits per heavy atom. The Morgan fingerprint density at radius 2 is 1.73 bits per heavy atom. The van der Waals surface area contributed by atoms with E-state index in [9.17, 15) is 9.59 Å². The second kappa shape index (κ2) is 7.79. The fourth-order valence-corrected chi connectivity index (χ4v) is 2.65. The first-order valence-electron chi connectivity index (χ1n) is 8.03. The number of rotatable bonds is 3. The van der Waals surface area contributed by atoms with E-state index in [2.05, 4.69) is 16.2 Å². The van der Waals surface area contributed by atoms with Gasteiger partial charge in [-0.2, -0.15) is 0 Å². The van der Waals surface area contributed by atoms with Crippen LogP contribution < -0.4 is 16.2 Å². The summed E-state index contributed by atoms with van der Waals surface area (Å²) in [4.78, 5) is 24.1. The van der Waals surface area contributed by atoms with Gasteiger partial charge in [-0.15, -0.1) is 0 Å². The molecule has 0 spiro atoms. The third-order valence-corrected chi connectivity index (χ3v) is 4.05. The Balaban J connectivity index is 1.50. The number of nitrogens with one attached hydrogen (secondary N) is 3. The van der Waals surface area contributed by atoms with Crippen molar-refractivity contribution < 1.29 is 9.59 Å². The molecule has 1 heterocycles. The monoisotopic (exact) mass is 366 g/mol. The summed E-state index contributed by atoms with van der Waals surface area (Å²) in [5, 5.41) is 3.61. The first-order valence-corrected chi connectivity index (χ1v) is 8.44. The van der Waals surface area contributed by atoms with Gasteiger partial charge in [0.1, 0.15) is 6.54 Å². The van der Waals surface area contributed by atoms with Crippen molar-refractivity contribution in [2.45, 2.75) is 13.5 Å². The molecule has 2 amide bonds. The van der Waals surface area contributed by atoms with E-state index < -0.39 is 0 Å². The number of carbonyl (C=O) groups is 2. The molecule has 0 fully saturated rings. The zero-order valence-electron chi connectivity index (χ0n) is 14.2. The molecule has 6 nitrogen and oxygen atoms in total. The maximum Gasteiger partial charge on any atom is 0.258 e. The van der Waals surface area contributed by atoms with Gasteiger partial charge in [0.25, 0.3) is 11.8 Å². The van der Waals surface area contributed by atoms with Crippen molar-refractivity contribution in [3.63, 3.8) is 0 Å². The molecule has 3 N–H and O–H groups in total. The van der Waals surface area contributed by atoms with Crippen molar-refractivity contribution in [3.05, 3.63) is 71.9 Å². The number of hydrazine groups is 1. The summed E-state index contributed by atoms with van der Waals surface area (Å²) in [5.41, 5.74) is 7.55. The topological polar surface area (TPSA) is 75.2 Å². The average Bonchev–Trinajstić information content (AvgIpc) is 3.03. The molecule has 3 rings (SSSR count). The summed E-state index contributed by atoms with van der Waals surface area (Å²) in [7, 11) is 0. The van der Waals surface area contributed by atoms with Gasteiger partial charge in [-0.05, 0) is 48.8 Å². The summed E-state index contributed by atoms with van der Waals surface area (Å²) in [6.45, 7) is 2.08. The lowest BCUT2D eigenvalue weighted by Crippen LogP contribution is -2.49. The second-order valence-corrected chi connectivity index (χ2v) is 6.23. The Labute approximate surface area is 156 Å². The maximum absolute atomic E-state index is 12.1. The van der Waals surface area contributed by atoms with Crippen molar-refractivity contribution in [1.82, 2.24) is 20.7 Å². The number of aryl methyl sites for hydroxylation is 1. The molecular weight excluding hydrogens is 348 g/mol. The summed E-state index contributed by atoms with van der Waals surface area (Å²) in [6.07, 6.45) is 1.85. The number of amides is 2. The molecule has 3 aromatic rings. The lowest BCUT2D eigenvalue weighted by molar-refractivity contribution is -0.122. The van der Waals surface area contributed by atoms with Crippen molar-refractivity contribution in [3.8, 4) is 0 Å². The van der Waals surface area contributed by atoms with Crippen LogP contribution in [0.25, 0.3) is 10.9 Å². The van der Waals surface area contributed by atoms with E-state index in [4.69, 9.17) is 12.2 Å². The lowest BCUT2D eigenvalue weighted by atomic mass is 10.1. The quantitative estimate of drug-likeness (QED) is 0.491. The highest BCUT2D eigenvalue weighted by Crippen LogP contribution is 2.14. The Hall–Kier alpha value is -3.19. The van der Waals surface area contributed by atoms with Crippen LogP contribution >= 0.6 is 12.2 Å². The van der Waals surface area contributed by atoms with Gasteiger partial charge >= 0.3 is 0 Å². The minimum absolute atomic E-state index is 0.0290. The van der Waals surface area contributed by atoms with Crippen molar-refractivity contribution in [2.75, 3.05) is 0 Å². The van der Waals surface area contributed by atoms with Crippen molar-refractivity contribution >= 4 is 40.0 Å². The fraction of sp³-hybridized carbons (Fsp3) is 0.105. The number of carbonyl (C=O) groups excluding carboxylic acids is 2. The highest BCUT2D eigenvalue weighted by molar-refractivity contribution is 7.80. The van der Waals surface area contributed by atoms with Crippen LogP contribution in [0.1, 0.15) is 15.9 Å². The highest BCUT2D eigenvalue weighted by atomic mass is 32.1. The van der Waals surface area contributed by atoms with Crippen LogP contribution in [0.5, 0.6) is 0 Å². The second-order valence-electron chi connectivity index (χ2n) is 5.82. The molecule has 0 radical (unpaired) electrons. The van der Waals surface area contributed by atoms with Crippen LogP contribution in [0, 0.1) is 6.92 Å². The third kappa shape index (κ3) is 4.25. The third-order valence-electron chi connectivity index (χ3n) is 3.85. The number of aromatic nitrogens is 1. The van der Waals surface area contributed by atoms with Crippen LogP contribution in [0.4, 0.5) is 0 Å². The molecule has 0 saturated heterocycles. The zero-order valence-corrected chi connectivity index (χ0v) is 15.0. The van der Waals surface area contributed by atoms with E-state index in [1.165, 1.54) is 0 Å². The Bertz CT molecular complexity index is 963. The van der Waals surface area contributed by atoms with E-state index in [0.717, 1.165) is 16.5 Å². The van der Waals surface area contributed by atoms with Gasteiger partial charge in [0.05, 0.1) is 0 Å². The van der Waals surface area contributed by atoms with E-state index in [1.54, 1.807) is 12.1 Å². The molecule has 0 aliphatic heterocycles. The number of benzene rings is 2. The van der Waals surface area contributed by atoms with Gasteiger partial charge in [-0.1, -0.05) is 35.9 Å². The predicted molar refractivity (Wildman–Crippen MR) is 104 cm³/mol. The van der Waals surface area contributed by atoms with E-state index >= 15 is 0 Å². The number of nitrogens with zero attached hydrogens (tertiary/aromatic N) is 1. The number of fused-ring (bicyclic) bond motifs is 1. The summed E-state index contributed by atoms with van der Waals surface area (Å²) in [5.74, 6) is -0.619. The molecule has 0 atom stereocenters. The first-order chi connectivity index (χ1) is 12.5. The smallest absolute Gasteiger partial charge is 0.258 e. The fourth-order valence-electron chi connectivity index (χ4n) is 2.51. The molecule has 0 saturated carbocycles. The SMILES string of the molecule is Cc1ccc(C(=O)NC(=S)NNC(=O)Cn2ccc3ccccc32)cc1. The van der Waals surface area contributed by atoms with Gasteiger partial charge in [0.15, 0.2) is 5.11 Å². The Morgan fingerprint density at radius 1 is 1.00 bits per heavy atom. The molecule has 1 aromatic heterocycles. The number of hydrogen-bond acceptors (Lipinski definition) is 3. The molecule has 26 heavy (non-hydrogen) atoms. The van der Waals surface area contributed by atoms with Crippen LogP contribution in [0.3, 0.4) is 0 Å². The van der Waals surface area contributed by atoms with E-state index in [1.807, 2.05) is 60.2 Å². The minimum Gasteiger partial charge on any atom is -0.338 e. The summed E-state index contributed by atoms with van der Waals surface area (Å²) < 4.78 is 1.83. The largest absolute Gasteiger partial charge is 0.338 e. The van der Waals surface area contributed by atoms with Gasteiger partial charge in [-0.25, -0.2) is 0 Å². The van der Waals surface area contributed by atoms with E-state index in [-0.39, 0.29) is 23.5 Å². The molecule has 0 aliphatic rings. The first kappa shape index (κ1) is 17.6. The maximum atomic E-state index is 12.1. The molecule has 0 bridgehead atoms. The molecule has 0 aliphatic carbocycles. The normalized spacial score (nSPS) is 10.3. The molecule has 7 heteroatoms. The molecule has 0 unspecified atom stereocenters. The predicted octanol–water partition coefficient (Wildman–Crippen LogP) is 2.29. The Kier molecular flexibility index (Phi) is 5.28. The average molecular weight is 366 g/mol. The summed E-state index contributed by atoms with van der Waals surface area (Å²) in [6, 6.07) is 16.9. The minimum atomic E-state index is -0.340. The molecule has 2 aromatic carbocycles. The number of hydrogen-bond donors (Lipinski definition) is 3. The standard InChI is InChI=1S/C19H18N4O2S/c1-13-6-8-15(9-7-13)18(25)20-19(26)22-21-17(24)12-23-11-10-14-4-2-3-5-16(14)23/h2-11H,12H2,1H3,(H,21,24)(H2,20,22,25,26). The lowest BCUT2D eigenvalue weighted by Gasteiger charge is -2.11. The number of para-hydroxylation sites is 1. The highest BCUT2D eigenvalue weighted by Gasteiger charge is 2.09.